The molecule has 0 spiro atoms. The highest BCUT2D eigenvalue weighted by Gasteiger charge is 2.57. The van der Waals surface area contributed by atoms with E-state index in [0.29, 0.717) is 17.3 Å². The zero-order valence-electron chi connectivity index (χ0n) is 14.7. The van der Waals surface area contributed by atoms with E-state index < -0.39 is 11.4 Å². The zero-order chi connectivity index (χ0) is 16.1. The van der Waals surface area contributed by atoms with Gasteiger partial charge in [0.2, 0.25) is 0 Å². The van der Waals surface area contributed by atoms with Crippen LogP contribution in [0.5, 0.6) is 0 Å². The number of hydrogen-bond donors (Lipinski definition) is 1. The Bertz CT molecular complexity index is 502. The molecule has 0 bridgehead atoms. The number of rotatable bonds is 1. The lowest BCUT2D eigenvalue weighted by Gasteiger charge is -2.59. The minimum atomic E-state index is -0.551. The first-order valence-electron chi connectivity index (χ1n) is 9.17. The third kappa shape index (κ3) is 2.25. The summed E-state index contributed by atoms with van der Waals surface area (Å²) in [6.07, 6.45) is 9.38. The van der Waals surface area contributed by atoms with E-state index in [1.165, 1.54) is 37.7 Å². The van der Waals surface area contributed by atoms with E-state index in [4.69, 9.17) is 0 Å². The molecule has 0 saturated heterocycles. The topological polar surface area (TPSA) is 37.3 Å². The van der Waals surface area contributed by atoms with Crippen molar-refractivity contribution in [1.82, 2.24) is 0 Å². The molecule has 2 nitrogen and oxygen atoms in total. The Hall–Kier alpha value is -0.790. The van der Waals surface area contributed by atoms with Gasteiger partial charge in [0.15, 0.2) is 0 Å². The molecule has 22 heavy (non-hydrogen) atoms. The van der Waals surface area contributed by atoms with Gasteiger partial charge in [0.05, 0.1) is 5.41 Å². The molecule has 0 aromatic rings. The van der Waals surface area contributed by atoms with Gasteiger partial charge in [0.1, 0.15) is 0 Å². The molecule has 3 aliphatic rings. The van der Waals surface area contributed by atoms with E-state index in [1.54, 1.807) is 5.57 Å². The second-order valence-electron chi connectivity index (χ2n) is 8.92. The summed E-state index contributed by atoms with van der Waals surface area (Å²) in [5.74, 6) is 1.25. The summed E-state index contributed by atoms with van der Waals surface area (Å²) in [4.78, 5) is 11.9. The van der Waals surface area contributed by atoms with Crippen molar-refractivity contribution >= 4 is 5.97 Å². The van der Waals surface area contributed by atoms with Crippen LogP contribution in [0.15, 0.2) is 11.1 Å². The van der Waals surface area contributed by atoms with Crippen molar-refractivity contribution < 1.29 is 9.90 Å². The van der Waals surface area contributed by atoms with E-state index in [0.717, 1.165) is 25.2 Å². The highest BCUT2D eigenvalue weighted by Crippen LogP contribution is 2.63. The summed E-state index contributed by atoms with van der Waals surface area (Å²) in [6, 6.07) is 0. The summed E-state index contributed by atoms with van der Waals surface area (Å²) in [7, 11) is 0. The normalized spacial score (nSPS) is 44.9. The number of aliphatic carboxylic acids is 1. The number of allylic oxidation sites excluding steroid dienone is 2. The van der Waals surface area contributed by atoms with Gasteiger partial charge in [-0.15, -0.1) is 0 Å². The maximum Gasteiger partial charge on any atom is 0.309 e. The summed E-state index contributed by atoms with van der Waals surface area (Å²) < 4.78 is 0. The van der Waals surface area contributed by atoms with Crippen molar-refractivity contribution in [2.75, 3.05) is 0 Å². The zero-order valence-corrected chi connectivity index (χ0v) is 14.7. The monoisotopic (exact) mass is 304 g/mol. The first kappa shape index (κ1) is 16.1. The van der Waals surface area contributed by atoms with Crippen LogP contribution in [0.25, 0.3) is 0 Å². The molecule has 0 unspecified atom stereocenters. The molecular formula is C20H32O2. The van der Waals surface area contributed by atoms with E-state index >= 15 is 0 Å². The number of carboxylic acids is 1. The van der Waals surface area contributed by atoms with Crippen molar-refractivity contribution in [3.63, 3.8) is 0 Å². The van der Waals surface area contributed by atoms with Crippen LogP contribution in [0.3, 0.4) is 0 Å². The van der Waals surface area contributed by atoms with Crippen LogP contribution in [0.4, 0.5) is 0 Å². The average Bonchev–Trinajstić information content (AvgIpc) is 2.46. The molecule has 2 heteroatoms. The van der Waals surface area contributed by atoms with E-state index in [-0.39, 0.29) is 0 Å². The molecule has 3 rings (SSSR count). The van der Waals surface area contributed by atoms with Gasteiger partial charge in [0.25, 0.3) is 0 Å². The summed E-state index contributed by atoms with van der Waals surface area (Å²) in [6.45, 7) is 9.03. The Morgan fingerprint density at radius 1 is 1.09 bits per heavy atom. The standard InChI is InChI=1S/C20H32O2/c1-13(2)14-9-11-19(3)15(12-14)7-8-17-16(19)6-5-10-20(17,4)18(21)22/h15-17H,5-12H2,1-4H3,(H,21,22)/t15-,16-,17+,19+,20+/m0/s1. The number of fused-ring (bicyclic) bond motifs is 3. The predicted molar refractivity (Wildman–Crippen MR) is 89.6 cm³/mol. The van der Waals surface area contributed by atoms with Gasteiger partial charge in [-0.3, -0.25) is 4.79 Å². The Kier molecular flexibility index (Phi) is 3.94. The fourth-order valence-corrected chi connectivity index (χ4v) is 6.11. The van der Waals surface area contributed by atoms with E-state index in [9.17, 15) is 9.90 Å². The number of carbonyl (C=O) groups is 1. The van der Waals surface area contributed by atoms with Crippen molar-refractivity contribution in [1.29, 1.82) is 0 Å². The van der Waals surface area contributed by atoms with Gasteiger partial charge in [0, 0.05) is 0 Å². The van der Waals surface area contributed by atoms with Crippen LogP contribution in [-0.2, 0) is 4.79 Å². The van der Waals surface area contributed by atoms with Crippen LogP contribution in [0, 0.1) is 28.6 Å². The van der Waals surface area contributed by atoms with Crippen LogP contribution in [0.2, 0.25) is 0 Å². The first-order valence-corrected chi connectivity index (χ1v) is 9.17. The van der Waals surface area contributed by atoms with Gasteiger partial charge in [-0.1, -0.05) is 24.5 Å². The molecule has 3 fully saturated rings. The molecule has 3 aliphatic carbocycles. The van der Waals surface area contributed by atoms with Gasteiger partial charge >= 0.3 is 5.97 Å². The minimum absolute atomic E-state index is 0.374. The molecular weight excluding hydrogens is 272 g/mol. The van der Waals surface area contributed by atoms with Crippen LogP contribution in [-0.4, -0.2) is 11.1 Å². The number of hydrogen-bond acceptors (Lipinski definition) is 1. The van der Waals surface area contributed by atoms with Gasteiger partial charge < -0.3 is 5.11 Å². The van der Waals surface area contributed by atoms with Crippen molar-refractivity contribution in [2.24, 2.45) is 28.6 Å². The average molecular weight is 304 g/mol. The third-order valence-electron chi connectivity index (χ3n) is 7.78. The van der Waals surface area contributed by atoms with E-state index in [2.05, 4.69) is 20.8 Å². The summed E-state index contributed by atoms with van der Waals surface area (Å²) in [5.41, 5.74) is 3.09. The molecule has 0 amide bonds. The lowest BCUT2D eigenvalue weighted by molar-refractivity contribution is -0.165. The highest BCUT2D eigenvalue weighted by molar-refractivity contribution is 5.74. The minimum Gasteiger partial charge on any atom is -0.481 e. The second-order valence-corrected chi connectivity index (χ2v) is 8.92. The molecule has 124 valence electrons. The Balaban J connectivity index is 1.90. The summed E-state index contributed by atoms with van der Waals surface area (Å²) >= 11 is 0. The fourth-order valence-electron chi connectivity index (χ4n) is 6.11. The lowest BCUT2D eigenvalue weighted by Crippen LogP contribution is -2.54. The van der Waals surface area contributed by atoms with Crippen molar-refractivity contribution in [3.8, 4) is 0 Å². The molecule has 0 heterocycles. The van der Waals surface area contributed by atoms with Crippen LogP contribution in [0.1, 0.15) is 79.1 Å². The molecule has 1 N–H and O–H groups in total. The molecule has 0 aromatic heterocycles. The SMILES string of the molecule is CC(C)=C1CC[C@]2(C)[C@@H](CC[C@@H]3[C@@H]2CCC[C@@]3(C)C(=O)O)C1. The second kappa shape index (κ2) is 5.39. The molecule has 0 radical (unpaired) electrons. The summed E-state index contributed by atoms with van der Waals surface area (Å²) in [5, 5.41) is 9.82. The maximum absolute atomic E-state index is 11.9. The van der Waals surface area contributed by atoms with Crippen LogP contribution < -0.4 is 0 Å². The smallest absolute Gasteiger partial charge is 0.309 e. The van der Waals surface area contributed by atoms with Gasteiger partial charge in [-0.25, -0.2) is 0 Å². The molecule has 0 aliphatic heterocycles. The molecule has 3 saturated carbocycles. The predicted octanol–water partition coefficient (Wildman–Crippen LogP) is 5.43. The fraction of sp³-hybridized carbons (Fsp3) is 0.850. The highest BCUT2D eigenvalue weighted by atomic mass is 16.4. The largest absolute Gasteiger partial charge is 0.481 e. The molecule has 5 atom stereocenters. The third-order valence-corrected chi connectivity index (χ3v) is 7.78. The lowest BCUT2D eigenvalue weighted by atomic mass is 9.45. The van der Waals surface area contributed by atoms with Crippen molar-refractivity contribution in [3.05, 3.63) is 11.1 Å². The molecule has 0 aromatic carbocycles. The van der Waals surface area contributed by atoms with E-state index in [1.807, 2.05) is 6.92 Å². The van der Waals surface area contributed by atoms with Gasteiger partial charge in [-0.05, 0) is 88.9 Å². The quantitative estimate of drug-likeness (QED) is 0.656. The Morgan fingerprint density at radius 2 is 1.82 bits per heavy atom. The first-order chi connectivity index (χ1) is 10.3. The Labute approximate surface area is 135 Å². The van der Waals surface area contributed by atoms with Crippen molar-refractivity contribution in [2.45, 2.75) is 79.1 Å². The number of carboxylic acid groups (broad SMARTS) is 1. The van der Waals surface area contributed by atoms with Crippen LogP contribution >= 0.6 is 0 Å². The Morgan fingerprint density at radius 3 is 2.45 bits per heavy atom. The van der Waals surface area contributed by atoms with Gasteiger partial charge in [-0.2, -0.15) is 0 Å². The maximum atomic E-state index is 11.9.